The van der Waals surface area contributed by atoms with E-state index in [0.717, 1.165) is 23.1 Å². The van der Waals surface area contributed by atoms with Crippen LogP contribution in [0.1, 0.15) is 27.0 Å². The molecule has 0 bridgehead atoms. The number of methoxy groups -OCH3 is 1. The van der Waals surface area contributed by atoms with Gasteiger partial charge in [0.15, 0.2) is 0 Å². The maximum Gasteiger partial charge on any atom is 0.341 e. The number of fused-ring (bicyclic) bond motifs is 1. The lowest BCUT2D eigenvalue weighted by Gasteiger charge is -2.21. The van der Waals surface area contributed by atoms with Crippen molar-refractivity contribution >= 4 is 5.97 Å². The molecule has 0 amide bonds. The van der Waals surface area contributed by atoms with Gasteiger partial charge in [0.25, 0.3) is 0 Å². The van der Waals surface area contributed by atoms with Crippen LogP contribution in [0, 0.1) is 6.92 Å². The molecule has 16 heavy (non-hydrogen) atoms. The van der Waals surface area contributed by atoms with Gasteiger partial charge in [-0.2, -0.15) is 0 Å². The zero-order valence-corrected chi connectivity index (χ0v) is 9.37. The van der Waals surface area contributed by atoms with E-state index in [2.05, 4.69) is 4.74 Å². The van der Waals surface area contributed by atoms with Crippen molar-refractivity contribution in [3.63, 3.8) is 0 Å². The van der Waals surface area contributed by atoms with Crippen LogP contribution >= 0.6 is 0 Å². The molecule has 0 atom stereocenters. The molecule has 0 saturated heterocycles. The lowest BCUT2D eigenvalue weighted by atomic mass is 9.93. The highest BCUT2D eigenvalue weighted by molar-refractivity contribution is 5.94. The Bertz CT molecular complexity index is 437. The highest BCUT2D eigenvalue weighted by atomic mass is 16.5. The Labute approximate surface area is 93.8 Å². The Morgan fingerprint density at radius 3 is 3.00 bits per heavy atom. The highest BCUT2D eigenvalue weighted by Gasteiger charge is 2.22. The molecular formula is C12H14O4. The van der Waals surface area contributed by atoms with E-state index in [-0.39, 0.29) is 11.3 Å². The standard InChI is InChI=1S/C12H14O4/c1-7-9-3-4-16-6-8(9)5-10(13)11(7)12(14)15-2/h5,13H,3-4,6H2,1-2H3. The number of aromatic hydroxyl groups is 1. The first kappa shape index (κ1) is 11.0. The fourth-order valence-electron chi connectivity index (χ4n) is 2.10. The monoisotopic (exact) mass is 222 g/mol. The van der Waals surface area contributed by atoms with Crippen LogP contribution in [0.15, 0.2) is 6.07 Å². The molecule has 1 aliphatic rings. The van der Waals surface area contributed by atoms with Gasteiger partial charge in [-0.3, -0.25) is 0 Å². The zero-order chi connectivity index (χ0) is 11.7. The Morgan fingerprint density at radius 1 is 1.56 bits per heavy atom. The van der Waals surface area contributed by atoms with E-state index < -0.39 is 5.97 Å². The van der Waals surface area contributed by atoms with Crippen molar-refractivity contribution in [3.8, 4) is 5.75 Å². The van der Waals surface area contributed by atoms with Gasteiger partial charge in [-0.1, -0.05) is 0 Å². The topological polar surface area (TPSA) is 55.8 Å². The third-order valence-corrected chi connectivity index (χ3v) is 2.93. The summed E-state index contributed by atoms with van der Waals surface area (Å²) >= 11 is 0. The van der Waals surface area contributed by atoms with Gasteiger partial charge in [0.1, 0.15) is 11.3 Å². The molecule has 4 nitrogen and oxygen atoms in total. The maximum absolute atomic E-state index is 11.5. The van der Waals surface area contributed by atoms with E-state index in [1.54, 1.807) is 6.07 Å². The van der Waals surface area contributed by atoms with Crippen LogP contribution in [0.2, 0.25) is 0 Å². The normalized spacial score (nSPS) is 14.4. The first-order chi connectivity index (χ1) is 7.65. The Balaban J connectivity index is 2.58. The van der Waals surface area contributed by atoms with Gasteiger partial charge in [-0.25, -0.2) is 4.79 Å². The van der Waals surface area contributed by atoms with Gasteiger partial charge < -0.3 is 14.6 Å². The molecule has 0 fully saturated rings. The minimum Gasteiger partial charge on any atom is -0.507 e. The van der Waals surface area contributed by atoms with Crippen LogP contribution in [0.25, 0.3) is 0 Å². The molecule has 0 saturated carbocycles. The van der Waals surface area contributed by atoms with Crippen LogP contribution in [0.3, 0.4) is 0 Å². The van der Waals surface area contributed by atoms with Crippen LogP contribution in [0.5, 0.6) is 5.75 Å². The number of carbonyl (C=O) groups is 1. The second-order valence-corrected chi connectivity index (χ2v) is 3.83. The van der Waals surface area contributed by atoms with E-state index in [0.29, 0.717) is 13.2 Å². The van der Waals surface area contributed by atoms with E-state index >= 15 is 0 Å². The third-order valence-electron chi connectivity index (χ3n) is 2.93. The molecule has 1 aliphatic heterocycles. The minimum atomic E-state index is -0.496. The zero-order valence-electron chi connectivity index (χ0n) is 9.37. The number of hydrogen-bond donors (Lipinski definition) is 1. The van der Waals surface area contributed by atoms with E-state index in [4.69, 9.17) is 4.74 Å². The van der Waals surface area contributed by atoms with Gasteiger partial charge in [-0.05, 0) is 36.1 Å². The predicted octanol–water partition coefficient (Wildman–Crippen LogP) is 1.56. The summed E-state index contributed by atoms with van der Waals surface area (Å²) in [6.07, 6.45) is 0.769. The molecule has 1 aromatic carbocycles. The number of hydrogen-bond acceptors (Lipinski definition) is 4. The van der Waals surface area contributed by atoms with Crippen molar-refractivity contribution in [1.29, 1.82) is 0 Å². The number of phenols is 1. The van der Waals surface area contributed by atoms with Crippen molar-refractivity contribution < 1.29 is 19.4 Å². The number of esters is 1. The summed E-state index contributed by atoms with van der Waals surface area (Å²) < 4.78 is 9.96. The summed E-state index contributed by atoms with van der Waals surface area (Å²) in [6.45, 7) is 2.97. The van der Waals surface area contributed by atoms with E-state index in [1.165, 1.54) is 7.11 Å². The Morgan fingerprint density at radius 2 is 2.31 bits per heavy atom. The predicted molar refractivity (Wildman–Crippen MR) is 57.5 cm³/mol. The van der Waals surface area contributed by atoms with Crippen LogP contribution in [-0.4, -0.2) is 24.8 Å². The van der Waals surface area contributed by atoms with Crippen molar-refractivity contribution in [2.24, 2.45) is 0 Å². The number of carbonyl (C=O) groups excluding carboxylic acids is 1. The molecule has 0 spiro atoms. The molecule has 0 aromatic heterocycles. The largest absolute Gasteiger partial charge is 0.507 e. The fraction of sp³-hybridized carbons (Fsp3) is 0.417. The molecule has 0 aliphatic carbocycles. The molecule has 4 heteroatoms. The van der Waals surface area contributed by atoms with Crippen molar-refractivity contribution in [2.45, 2.75) is 20.0 Å². The van der Waals surface area contributed by atoms with Crippen LogP contribution in [-0.2, 0) is 22.5 Å². The van der Waals surface area contributed by atoms with Crippen molar-refractivity contribution in [1.82, 2.24) is 0 Å². The molecular weight excluding hydrogens is 208 g/mol. The Hall–Kier alpha value is -1.55. The second kappa shape index (κ2) is 4.14. The summed E-state index contributed by atoms with van der Waals surface area (Å²) in [5.74, 6) is -0.530. The summed E-state index contributed by atoms with van der Waals surface area (Å²) in [5, 5.41) is 9.79. The van der Waals surface area contributed by atoms with E-state index in [1.807, 2.05) is 6.92 Å². The van der Waals surface area contributed by atoms with Crippen molar-refractivity contribution in [2.75, 3.05) is 13.7 Å². The number of ether oxygens (including phenoxy) is 2. The van der Waals surface area contributed by atoms with Gasteiger partial charge in [-0.15, -0.1) is 0 Å². The van der Waals surface area contributed by atoms with Gasteiger partial charge in [0.2, 0.25) is 0 Å². The summed E-state index contributed by atoms with van der Waals surface area (Å²) in [6, 6.07) is 1.59. The fourth-order valence-corrected chi connectivity index (χ4v) is 2.10. The summed E-state index contributed by atoms with van der Waals surface area (Å²) in [7, 11) is 1.31. The minimum absolute atomic E-state index is 0.0337. The Kier molecular flexibility index (Phi) is 2.83. The second-order valence-electron chi connectivity index (χ2n) is 3.83. The lowest BCUT2D eigenvalue weighted by Crippen LogP contribution is -2.15. The van der Waals surface area contributed by atoms with Gasteiger partial charge >= 0.3 is 5.97 Å². The van der Waals surface area contributed by atoms with Crippen molar-refractivity contribution in [3.05, 3.63) is 28.3 Å². The van der Waals surface area contributed by atoms with E-state index in [9.17, 15) is 9.90 Å². The molecule has 86 valence electrons. The first-order valence-electron chi connectivity index (χ1n) is 5.15. The lowest BCUT2D eigenvalue weighted by molar-refractivity contribution is 0.0595. The van der Waals surface area contributed by atoms with Crippen LogP contribution in [0.4, 0.5) is 0 Å². The highest BCUT2D eigenvalue weighted by Crippen LogP contribution is 2.31. The quantitative estimate of drug-likeness (QED) is 0.732. The number of rotatable bonds is 1. The smallest absolute Gasteiger partial charge is 0.341 e. The van der Waals surface area contributed by atoms with Gasteiger partial charge in [0, 0.05) is 0 Å². The van der Waals surface area contributed by atoms with Crippen LogP contribution < -0.4 is 0 Å². The SMILES string of the molecule is COC(=O)c1c(O)cc2c(c1C)CCOC2. The summed E-state index contributed by atoms with van der Waals surface area (Å²) in [4.78, 5) is 11.5. The number of benzene rings is 1. The van der Waals surface area contributed by atoms with Gasteiger partial charge in [0.05, 0.1) is 20.3 Å². The third kappa shape index (κ3) is 1.65. The maximum atomic E-state index is 11.5. The molecule has 1 N–H and O–H groups in total. The molecule has 0 radical (unpaired) electrons. The molecule has 1 heterocycles. The summed E-state index contributed by atoms with van der Waals surface area (Å²) in [5.41, 5.74) is 3.10. The average Bonchev–Trinajstić information content (AvgIpc) is 2.28. The molecule has 0 unspecified atom stereocenters. The number of phenolic OH excluding ortho intramolecular Hbond substituents is 1. The molecule has 1 aromatic rings. The average molecular weight is 222 g/mol. The first-order valence-corrected chi connectivity index (χ1v) is 5.15. The molecule has 2 rings (SSSR count).